The molecule has 1 aliphatic carbocycles. The van der Waals surface area contributed by atoms with Gasteiger partial charge < -0.3 is 14.7 Å². The Morgan fingerprint density at radius 3 is 2.31 bits per heavy atom. The molecule has 4 rings (SSSR count). The van der Waals surface area contributed by atoms with Crippen molar-refractivity contribution in [2.24, 2.45) is 0 Å². The number of fused-ring (bicyclic) bond motifs is 3. The van der Waals surface area contributed by atoms with Gasteiger partial charge in [-0.05, 0) is 29.2 Å². The summed E-state index contributed by atoms with van der Waals surface area (Å²) < 4.78 is 5.45. The number of aromatic nitrogens is 2. The number of aliphatic carboxylic acids is 1. The Hall–Kier alpha value is -4.14. The van der Waals surface area contributed by atoms with Crippen LogP contribution < -0.4 is 5.32 Å². The fourth-order valence-electron chi connectivity index (χ4n) is 3.77. The minimum Gasteiger partial charge on any atom is -0.480 e. The molecule has 0 saturated heterocycles. The molecule has 1 aliphatic rings. The molecule has 3 N–H and O–H groups in total. The van der Waals surface area contributed by atoms with Crippen molar-refractivity contribution in [3.05, 3.63) is 71.4 Å². The van der Waals surface area contributed by atoms with Crippen molar-refractivity contribution < 1.29 is 24.2 Å². The van der Waals surface area contributed by atoms with E-state index in [4.69, 9.17) is 9.84 Å². The van der Waals surface area contributed by atoms with E-state index < -0.39 is 24.0 Å². The lowest BCUT2D eigenvalue weighted by molar-refractivity contribution is -0.141. The Labute approximate surface area is 184 Å². The van der Waals surface area contributed by atoms with E-state index in [1.165, 1.54) is 20.0 Å². The number of hydrogen-bond donors (Lipinski definition) is 3. The average Bonchev–Trinajstić information content (AvgIpc) is 3.38. The molecule has 0 aliphatic heterocycles. The Kier molecular flexibility index (Phi) is 5.63. The summed E-state index contributed by atoms with van der Waals surface area (Å²) in [5, 5.41) is 17.9. The molecule has 0 radical (unpaired) electrons. The molecule has 1 unspecified atom stereocenters. The molecule has 2 aromatic carbocycles. The summed E-state index contributed by atoms with van der Waals surface area (Å²) in [4.78, 5) is 36.8. The zero-order chi connectivity index (χ0) is 22.8. The van der Waals surface area contributed by atoms with E-state index in [2.05, 4.69) is 27.6 Å². The molecule has 1 atom stereocenters. The number of carbonyl (C=O) groups excluding carboxylic acids is 2. The summed E-state index contributed by atoms with van der Waals surface area (Å²) in [7, 11) is 1.38. The zero-order valence-corrected chi connectivity index (χ0v) is 17.5. The summed E-state index contributed by atoms with van der Waals surface area (Å²) in [6, 6.07) is 16.4. The lowest BCUT2D eigenvalue weighted by Gasteiger charge is -2.20. The number of aromatic amines is 1. The largest absolute Gasteiger partial charge is 0.480 e. The molecule has 0 saturated carbocycles. The number of carboxylic acid groups (broad SMARTS) is 1. The Morgan fingerprint density at radius 2 is 1.72 bits per heavy atom. The molecule has 3 aromatic rings. The van der Waals surface area contributed by atoms with E-state index in [-0.39, 0.29) is 24.0 Å². The maximum Gasteiger partial charge on any atom is 0.412 e. The first kappa shape index (κ1) is 21.1. The maximum atomic E-state index is 12.4. The van der Waals surface area contributed by atoms with Crippen LogP contribution in [-0.2, 0) is 9.53 Å². The van der Waals surface area contributed by atoms with E-state index in [1.54, 1.807) is 0 Å². The monoisotopic (exact) mass is 434 g/mol. The number of carbonyl (C=O) groups is 3. The molecule has 9 nitrogen and oxygen atoms in total. The second-order valence-electron chi connectivity index (χ2n) is 7.55. The molecule has 1 heterocycles. The molecule has 0 spiro atoms. The van der Waals surface area contributed by atoms with E-state index in [0.29, 0.717) is 0 Å². The molecule has 1 aromatic heterocycles. The predicted molar refractivity (Wildman–Crippen MR) is 116 cm³/mol. The minimum absolute atomic E-state index is 0.0505. The van der Waals surface area contributed by atoms with Crippen LogP contribution in [0.3, 0.4) is 0 Å². The third-order valence-electron chi connectivity index (χ3n) is 5.64. The summed E-state index contributed by atoms with van der Waals surface area (Å²) in [5.74, 6) is -1.66. The van der Waals surface area contributed by atoms with Crippen molar-refractivity contribution in [1.82, 2.24) is 15.1 Å². The van der Waals surface area contributed by atoms with Crippen LogP contribution >= 0.6 is 0 Å². The van der Waals surface area contributed by atoms with Crippen LogP contribution in [0.15, 0.2) is 54.6 Å². The van der Waals surface area contributed by atoms with Crippen molar-refractivity contribution >= 4 is 23.8 Å². The summed E-state index contributed by atoms with van der Waals surface area (Å²) in [6.07, 6.45) is -0.704. The van der Waals surface area contributed by atoms with Gasteiger partial charge in [0, 0.05) is 19.0 Å². The fourth-order valence-corrected chi connectivity index (χ4v) is 3.77. The molecular formula is C23H22N4O5. The number of anilines is 1. The number of carboxylic acids is 1. The molecule has 164 valence electrons. The highest BCUT2D eigenvalue weighted by Gasteiger charge is 2.29. The Bertz CT molecular complexity index is 1140. The first-order valence-electron chi connectivity index (χ1n) is 10.0. The van der Waals surface area contributed by atoms with E-state index in [9.17, 15) is 14.4 Å². The van der Waals surface area contributed by atoms with Gasteiger partial charge >= 0.3 is 12.1 Å². The zero-order valence-electron chi connectivity index (χ0n) is 17.5. The number of rotatable bonds is 6. The van der Waals surface area contributed by atoms with E-state index >= 15 is 0 Å². The molecule has 2 amide bonds. The van der Waals surface area contributed by atoms with Crippen LogP contribution in [0.5, 0.6) is 0 Å². The number of benzene rings is 2. The molecule has 32 heavy (non-hydrogen) atoms. The van der Waals surface area contributed by atoms with Crippen molar-refractivity contribution in [2.75, 3.05) is 19.0 Å². The van der Waals surface area contributed by atoms with Gasteiger partial charge in [-0.3, -0.25) is 15.2 Å². The number of H-pyrrole nitrogens is 1. The number of nitrogens with zero attached hydrogens (tertiary/aromatic N) is 2. The third kappa shape index (κ3) is 3.92. The van der Waals surface area contributed by atoms with Gasteiger partial charge in [0.2, 0.25) is 0 Å². The highest BCUT2D eigenvalue weighted by atomic mass is 16.5. The SMILES string of the molecule is CC(C(=O)O)N(C)C(=O)c1cc(NC(=O)OCC2c3ccccc3-c3ccccc32)n[nH]1. The van der Waals surface area contributed by atoms with Crippen LogP contribution in [0.4, 0.5) is 10.6 Å². The lowest BCUT2D eigenvalue weighted by Crippen LogP contribution is -2.40. The van der Waals surface area contributed by atoms with Crippen molar-refractivity contribution in [3.63, 3.8) is 0 Å². The molecule has 0 fully saturated rings. The predicted octanol–water partition coefficient (Wildman–Crippen LogP) is 3.32. The van der Waals surface area contributed by atoms with Crippen LogP contribution in [0.25, 0.3) is 11.1 Å². The van der Waals surface area contributed by atoms with E-state index in [0.717, 1.165) is 27.2 Å². The van der Waals surface area contributed by atoms with Gasteiger partial charge in [0.25, 0.3) is 5.91 Å². The topological polar surface area (TPSA) is 125 Å². The number of hydrogen-bond acceptors (Lipinski definition) is 5. The van der Waals surface area contributed by atoms with Gasteiger partial charge in [-0.2, -0.15) is 5.10 Å². The summed E-state index contributed by atoms with van der Waals surface area (Å²) in [6.45, 7) is 1.54. The van der Waals surface area contributed by atoms with Gasteiger partial charge in [-0.1, -0.05) is 48.5 Å². The Balaban J connectivity index is 1.40. The van der Waals surface area contributed by atoms with Crippen molar-refractivity contribution in [2.45, 2.75) is 18.9 Å². The van der Waals surface area contributed by atoms with Gasteiger partial charge in [0.05, 0.1) is 0 Å². The highest BCUT2D eigenvalue weighted by molar-refractivity contribution is 5.96. The van der Waals surface area contributed by atoms with Gasteiger partial charge in [-0.25, -0.2) is 9.59 Å². The number of likely N-dealkylation sites (N-methyl/N-ethyl adjacent to an activating group) is 1. The third-order valence-corrected chi connectivity index (χ3v) is 5.64. The van der Waals surface area contributed by atoms with Crippen LogP contribution in [-0.4, -0.2) is 57.9 Å². The van der Waals surface area contributed by atoms with Crippen molar-refractivity contribution in [1.29, 1.82) is 0 Å². The normalized spacial score (nSPS) is 13.1. The van der Waals surface area contributed by atoms with Gasteiger partial charge in [-0.15, -0.1) is 0 Å². The molecule has 9 heteroatoms. The lowest BCUT2D eigenvalue weighted by atomic mass is 9.98. The van der Waals surface area contributed by atoms with Crippen LogP contribution in [0.2, 0.25) is 0 Å². The first-order chi connectivity index (χ1) is 15.4. The number of amides is 2. The average molecular weight is 434 g/mol. The highest BCUT2D eigenvalue weighted by Crippen LogP contribution is 2.44. The van der Waals surface area contributed by atoms with Crippen molar-refractivity contribution in [3.8, 4) is 11.1 Å². The molecular weight excluding hydrogens is 412 g/mol. The van der Waals surface area contributed by atoms with Crippen LogP contribution in [0, 0.1) is 0 Å². The first-order valence-corrected chi connectivity index (χ1v) is 10.0. The summed E-state index contributed by atoms with van der Waals surface area (Å²) >= 11 is 0. The second-order valence-corrected chi connectivity index (χ2v) is 7.55. The number of nitrogens with one attached hydrogen (secondary N) is 2. The fraction of sp³-hybridized carbons (Fsp3) is 0.217. The minimum atomic E-state index is -1.13. The number of ether oxygens (including phenoxy) is 1. The Morgan fingerprint density at radius 1 is 1.12 bits per heavy atom. The van der Waals surface area contributed by atoms with Crippen LogP contribution in [0.1, 0.15) is 34.5 Å². The standard InChI is InChI=1S/C23H22N4O5/c1-13(22(29)30)27(2)21(28)19-11-20(26-25-19)24-23(31)32-12-18-16-9-5-3-7-14(16)15-8-4-6-10-17(15)18/h3-11,13,18H,12H2,1-2H3,(H,29,30)(H2,24,25,26,31). The molecule has 0 bridgehead atoms. The maximum absolute atomic E-state index is 12.4. The van der Waals surface area contributed by atoms with E-state index in [1.807, 2.05) is 36.4 Å². The van der Waals surface area contributed by atoms with Gasteiger partial charge in [0.1, 0.15) is 18.3 Å². The second kappa shape index (κ2) is 8.54. The smallest absolute Gasteiger partial charge is 0.412 e. The quantitative estimate of drug-likeness (QED) is 0.547. The summed E-state index contributed by atoms with van der Waals surface area (Å²) in [5.41, 5.74) is 4.52. The van der Waals surface area contributed by atoms with Gasteiger partial charge in [0.15, 0.2) is 5.82 Å².